The number of carbonyl (C=O) groups is 1. The average Bonchev–Trinajstić information content (AvgIpc) is 2.55. The molecule has 7 heteroatoms. The van der Waals surface area contributed by atoms with Crippen LogP contribution in [0.15, 0.2) is 48.5 Å². The third-order valence-electron chi connectivity index (χ3n) is 3.19. The highest BCUT2D eigenvalue weighted by molar-refractivity contribution is 5.94. The van der Waals surface area contributed by atoms with E-state index in [9.17, 15) is 22.4 Å². The van der Waals surface area contributed by atoms with Crippen LogP contribution in [0, 0.1) is 18.2 Å². The Hall–Kier alpha value is -3.01. The molecular weight excluding hydrogens is 338 g/mol. The summed E-state index contributed by atoms with van der Waals surface area (Å²) < 4.78 is 53.2. The van der Waals surface area contributed by atoms with Crippen molar-refractivity contribution in [2.24, 2.45) is 0 Å². The lowest BCUT2D eigenvalue weighted by Crippen LogP contribution is -2.31. The lowest BCUT2D eigenvalue weighted by molar-refractivity contribution is -0.274. The predicted octanol–water partition coefficient (Wildman–Crippen LogP) is 4.00. The molecule has 0 bridgehead atoms. The molecule has 0 atom stereocenters. The van der Waals surface area contributed by atoms with Crippen molar-refractivity contribution in [1.82, 2.24) is 4.90 Å². The number of halogens is 4. The number of rotatable bonds is 5. The lowest BCUT2D eigenvalue weighted by Gasteiger charge is -2.20. The molecule has 2 aromatic rings. The van der Waals surface area contributed by atoms with E-state index in [1.165, 1.54) is 41.3 Å². The zero-order valence-electron chi connectivity index (χ0n) is 12.9. The van der Waals surface area contributed by atoms with Gasteiger partial charge in [0.2, 0.25) is 0 Å². The van der Waals surface area contributed by atoms with Crippen LogP contribution in [0.2, 0.25) is 0 Å². The Labute approximate surface area is 141 Å². The number of carbonyl (C=O) groups excluding carboxylic acids is 1. The first kappa shape index (κ1) is 18.3. The SMILES string of the molecule is C#CCN(Cc1ccc(F)cc1)C(=O)c1ccc(OC(F)(F)F)cc1. The molecule has 0 aliphatic carbocycles. The number of ether oxygens (including phenoxy) is 1. The van der Waals surface area contributed by atoms with Crippen LogP contribution < -0.4 is 4.74 Å². The van der Waals surface area contributed by atoms with Gasteiger partial charge in [0.1, 0.15) is 11.6 Å². The van der Waals surface area contributed by atoms with Gasteiger partial charge in [0.15, 0.2) is 0 Å². The Bertz CT molecular complexity index is 762. The van der Waals surface area contributed by atoms with Crippen LogP contribution in [-0.2, 0) is 6.54 Å². The van der Waals surface area contributed by atoms with Crippen LogP contribution in [0.25, 0.3) is 0 Å². The number of amides is 1. The van der Waals surface area contributed by atoms with E-state index < -0.39 is 23.8 Å². The van der Waals surface area contributed by atoms with Gasteiger partial charge >= 0.3 is 6.36 Å². The highest BCUT2D eigenvalue weighted by Crippen LogP contribution is 2.23. The van der Waals surface area contributed by atoms with Gasteiger partial charge in [-0.25, -0.2) is 4.39 Å². The zero-order valence-corrected chi connectivity index (χ0v) is 12.9. The monoisotopic (exact) mass is 351 g/mol. The van der Waals surface area contributed by atoms with Gasteiger partial charge in [0.25, 0.3) is 5.91 Å². The first-order valence-corrected chi connectivity index (χ1v) is 7.11. The first-order valence-electron chi connectivity index (χ1n) is 7.11. The average molecular weight is 351 g/mol. The van der Waals surface area contributed by atoms with Crippen molar-refractivity contribution in [2.45, 2.75) is 12.9 Å². The topological polar surface area (TPSA) is 29.5 Å². The minimum absolute atomic E-state index is 0.00296. The van der Waals surface area contributed by atoms with E-state index in [-0.39, 0.29) is 18.7 Å². The van der Waals surface area contributed by atoms with Gasteiger partial charge < -0.3 is 9.64 Å². The summed E-state index contributed by atoms with van der Waals surface area (Å²) in [6.45, 7) is 0.140. The second-order valence-corrected chi connectivity index (χ2v) is 5.06. The van der Waals surface area contributed by atoms with E-state index in [1.807, 2.05) is 0 Å². The molecule has 0 spiro atoms. The van der Waals surface area contributed by atoms with E-state index in [0.717, 1.165) is 12.1 Å². The number of nitrogens with zero attached hydrogens (tertiary/aromatic N) is 1. The Morgan fingerprint density at radius 1 is 1.08 bits per heavy atom. The Kier molecular flexibility index (Phi) is 5.65. The lowest BCUT2D eigenvalue weighted by atomic mass is 10.1. The molecule has 2 aromatic carbocycles. The molecule has 0 aliphatic heterocycles. The van der Waals surface area contributed by atoms with Crippen LogP contribution in [0.4, 0.5) is 17.6 Å². The summed E-state index contributed by atoms with van der Waals surface area (Å²) in [6, 6.07) is 10.1. The summed E-state index contributed by atoms with van der Waals surface area (Å²) >= 11 is 0. The second-order valence-electron chi connectivity index (χ2n) is 5.06. The molecule has 0 saturated heterocycles. The highest BCUT2D eigenvalue weighted by atomic mass is 19.4. The van der Waals surface area contributed by atoms with Crippen molar-refractivity contribution in [2.75, 3.05) is 6.54 Å². The molecular formula is C18H13F4NO2. The van der Waals surface area contributed by atoms with Crippen molar-refractivity contribution < 1.29 is 27.1 Å². The number of terminal acetylenes is 1. The molecule has 3 nitrogen and oxygen atoms in total. The van der Waals surface area contributed by atoms with Crippen molar-refractivity contribution in [1.29, 1.82) is 0 Å². The minimum atomic E-state index is -4.80. The fraction of sp³-hybridized carbons (Fsp3) is 0.167. The number of hydrogen-bond donors (Lipinski definition) is 0. The van der Waals surface area contributed by atoms with Crippen LogP contribution in [0.1, 0.15) is 15.9 Å². The van der Waals surface area contributed by atoms with E-state index in [4.69, 9.17) is 6.42 Å². The van der Waals surface area contributed by atoms with E-state index in [1.54, 1.807) is 0 Å². The Morgan fingerprint density at radius 3 is 2.20 bits per heavy atom. The van der Waals surface area contributed by atoms with E-state index in [0.29, 0.717) is 5.56 Å². The summed E-state index contributed by atoms with van der Waals surface area (Å²) in [5, 5.41) is 0. The van der Waals surface area contributed by atoms with Gasteiger partial charge in [0.05, 0.1) is 6.54 Å². The molecule has 0 fully saturated rings. The van der Waals surface area contributed by atoms with Crippen molar-refractivity contribution in [3.8, 4) is 18.1 Å². The number of hydrogen-bond acceptors (Lipinski definition) is 2. The second kappa shape index (κ2) is 7.71. The van der Waals surface area contributed by atoms with Crippen LogP contribution in [-0.4, -0.2) is 23.7 Å². The first-order chi connectivity index (χ1) is 11.8. The fourth-order valence-electron chi connectivity index (χ4n) is 2.10. The molecule has 0 aromatic heterocycles. The molecule has 0 radical (unpaired) electrons. The van der Waals surface area contributed by atoms with Crippen molar-refractivity contribution in [3.05, 3.63) is 65.5 Å². The van der Waals surface area contributed by atoms with E-state index >= 15 is 0 Å². The highest BCUT2D eigenvalue weighted by Gasteiger charge is 2.31. The molecule has 0 unspecified atom stereocenters. The normalized spacial score (nSPS) is 10.8. The maximum atomic E-state index is 12.9. The molecule has 25 heavy (non-hydrogen) atoms. The van der Waals surface area contributed by atoms with Crippen molar-refractivity contribution in [3.63, 3.8) is 0 Å². The molecule has 0 saturated carbocycles. The van der Waals surface area contributed by atoms with Gasteiger partial charge in [-0.3, -0.25) is 4.79 Å². The minimum Gasteiger partial charge on any atom is -0.406 e. The fourth-order valence-corrected chi connectivity index (χ4v) is 2.10. The summed E-state index contributed by atoms with van der Waals surface area (Å²) in [6.07, 6.45) is 0.466. The predicted molar refractivity (Wildman–Crippen MR) is 83.1 cm³/mol. The van der Waals surface area contributed by atoms with Crippen LogP contribution >= 0.6 is 0 Å². The van der Waals surface area contributed by atoms with Crippen LogP contribution in [0.3, 0.4) is 0 Å². The van der Waals surface area contributed by atoms with Crippen molar-refractivity contribution >= 4 is 5.91 Å². The third-order valence-corrected chi connectivity index (χ3v) is 3.19. The molecule has 2 rings (SSSR count). The maximum Gasteiger partial charge on any atom is 0.573 e. The number of benzene rings is 2. The largest absolute Gasteiger partial charge is 0.573 e. The van der Waals surface area contributed by atoms with Gasteiger partial charge in [0, 0.05) is 12.1 Å². The zero-order chi connectivity index (χ0) is 18.4. The van der Waals surface area contributed by atoms with Gasteiger partial charge in [-0.05, 0) is 42.0 Å². The number of alkyl halides is 3. The molecule has 0 aliphatic rings. The van der Waals surface area contributed by atoms with Gasteiger partial charge in [-0.2, -0.15) is 0 Å². The summed E-state index contributed by atoms with van der Waals surface area (Å²) in [5.74, 6) is 1.06. The molecule has 0 N–H and O–H groups in total. The maximum absolute atomic E-state index is 12.9. The molecule has 130 valence electrons. The third kappa shape index (κ3) is 5.53. The Morgan fingerprint density at radius 2 is 1.68 bits per heavy atom. The van der Waals surface area contributed by atoms with Gasteiger partial charge in [-0.1, -0.05) is 18.1 Å². The summed E-state index contributed by atoms with van der Waals surface area (Å²) in [4.78, 5) is 13.8. The van der Waals surface area contributed by atoms with Crippen LogP contribution in [0.5, 0.6) is 5.75 Å². The van der Waals surface area contributed by atoms with E-state index in [2.05, 4.69) is 10.7 Å². The van der Waals surface area contributed by atoms with Gasteiger partial charge in [-0.15, -0.1) is 19.6 Å². The molecule has 0 heterocycles. The Balaban J connectivity index is 2.14. The smallest absolute Gasteiger partial charge is 0.406 e. The quantitative estimate of drug-likeness (QED) is 0.602. The standard InChI is InChI=1S/C18H13F4NO2/c1-2-11-23(12-13-3-7-15(19)8-4-13)17(24)14-5-9-16(10-6-14)25-18(20,21)22/h1,3-10H,11-12H2. The molecule has 1 amide bonds. The summed E-state index contributed by atoms with van der Waals surface area (Å²) in [5.41, 5.74) is 0.828. The summed E-state index contributed by atoms with van der Waals surface area (Å²) in [7, 11) is 0.